The highest BCUT2D eigenvalue weighted by Gasteiger charge is 2.03. The van der Waals surface area contributed by atoms with Gasteiger partial charge in [0.2, 0.25) is 0 Å². The average Bonchev–Trinajstić information content (AvgIpc) is 2.79. The van der Waals surface area contributed by atoms with Crippen molar-refractivity contribution in [3.63, 3.8) is 0 Å². The summed E-state index contributed by atoms with van der Waals surface area (Å²) in [6.45, 7) is 0. The van der Waals surface area contributed by atoms with Crippen LogP contribution in [0.25, 0.3) is 16.9 Å². The largest absolute Gasteiger partial charge is 0.339 e. The summed E-state index contributed by atoms with van der Waals surface area (Å²) in [5, 5.41) is 3.93. The first-order valence-corrected chi connectivity index (χ1v) is 4.97. The van der Waals surface area contributed by atoms with E-state index in [1.165, 1.54) is 4.52 Å². The molecule has 0 aliphatic rings. The number of hydrogen-bond donors (Lipinski definition) is 1. The molecule has 4 heteroatoms. The molecule has 0 fully saturated rings. The molecule has 0 aliphatic carbocycles. The average molecular weight is 211 g/mol. The summed E-state index contributed by atoms with van der Waals surface area (Å²) in [7, 11) is 0. The third-order valence-electron chi connectivity index (χ3n) is 2.47. The summed E-state index contributed by atoms with van der Waals surface area (Å²) in [5.74, 6) is 0. The topological polar surface area (TPSA) is 50.2 Å². The number of H-pyrrole nitrogens is 1. The predicted octanol–water partition coefficient (Wildman–Crippen LogP) is 1.69. The first-order chi connectivity index (χ1) is 7.84. The van der Waals surface area contributed by atoms with Crippen LogP contribution in [-0.2, 0) is 0 Å². The minimum absolute atomic E-state index is 0.127. The molecule has 78 valence electrons. The SMILES string of the molecule is O=c1cc(-c2ccccc2)[nH]c2ccnn12. The predicted molar refractivity (Wildman–Crippen MR) is 61.2 cm³/mol. The summed E-state index contributed by atoms with van der Waals surface area (Å²) < 4.78 is 1.34. The fraction of sp³-hybridized carbons (Fsp3) is 0. The number of fused-ring (bicyclic) bond motifs is 1. The molecule has 3 rings (SSSR count). The van der Waals surface area contributed by atoms with Gasteiger partial charge in [-0.2, -0.15) is 9.61 Å². The van der Waals surface area contributed by atoms with E-state index in [-0.39, 0.29) is 5.56 Å². The van der Waals surface area contributed by atoms with Crippen LogP contribution in [-0.4, -0.2) is 14.6 Å². The molecule has 3 aromatic rings. The Kier molecular flexibility index (Phi) is 1.86. The van der Waals surface area contributed by atoms with Gasteiger partial charge in [-0.05, 0) is 5.56 Å². The molecule has 1 N–H and O–H groups in total. The monoisotopic (exact) mass is 211 g/mol. The zero-order chi connectivity index (χ0) is 11.0. The van der Waals surface area contributed by atoms with Crippen molar-refractivity contribution in [2.45, 2.75) is 0 Å². The first kappa shape index (κ1) is 8.91. The van der Waals surface area contributed by atoms with Crippen molar-refractivity contribution in [1.29, 1.82) is 0 Å². The molecular weight excluding hydrogens is 202 g/mol. The molecule has 16 heavy (non-hydrogen) atoms. The molecule has 4 nitrogen and oxygen atoms in total. The molecule has 2 aromatic heterocycles. The van der Waals surface area contributed by atoms with Gasteiger partial charge in [-0.25, -0.2) is 0 Å². The molecule has 0 atom stereocenters. The third kappa shape index (κ3) is 1.32. The number of nitrogens with one attached hydrogen (secondary N) is 1. The van der Waals surface area contributed by atoms with Gasteiger partial charge in [0.05, 0.1) is 11.9 Å². The summed E-state index contributed by atoms with van der Waals surface area (Å²) in [4.78, 5) is 14.9. The molecule has 0 spiro atoms. The fourth-order valence-electron chi connectivity index (χ4n) is 1.71. The van der Waals surface area contributed by atoms with E-state index in [4.69, 9.17) is 0 Å². The van der Waals surface area contributed by atoms with Crippen LogP contribution < -0.4 is 5.56 Å². The van der Waals surface area contributed by atoms with E-state index < -0.39 is 0 Å². The van der Waals surface area contributed by atoms with Gasteiger partial charge in [0, 0.05) is 12.1 Å². The second-order valence-corrected chi connectivity index (χ2v) is 3.52. The Bertz CT molecular complexity index is 682. The quantitative estimate of drug-likeness (QED) is 0.665. The first-order valence-electron chi connectivity index (χ1n) is 4.97. The standard InChI is InChI=1S/C12H9N3O/c16-12-8-10(9-4-2-1-3-5-9)14-11-6-7-13-15(11)12/h1-8,14H. The lowest BCUT2D eigenvalue weighted by atomic mass is 10.1. The number of aromatic nitrogens is 3. The lowest BCUT2D eigenvalue weighted by molar-refractivity contribution is 0.901. The van der Waals surface area contributed by atoms with E-state index in [1.807, 2.05) is 30.3 Å². The van der Waals surface area contributed by atoms with Crippen molar-refractivity contribution in [3.05, 3.63) is 59.0 Å². The van der Waals surface area contributed by atoms with Gasteiger partial charge >= 0.3 is 0 Å². The summed E-state index contributed by atoms with van der Waals surface area (Å²) in [5.41, 5.74) is 2.37. The summed E-state index contributed by atoms with van der Waals surface area (Å²) in [6.07, 6.45) is 1.60. The van der Waals surface area contributed by atoms with Crippen LogP contribution >= 0.6 is 0 Å². The van der Waals surface area contributed by atoms with E-state index in [0.717, 1.165) is 11.3 Å². The van der Waals surface area contributed by atoms with Crippen molar-refractivity contribution < 1.29 is 0 Å². The van der Waals surface area contributed by atoms with Crippen LogP contribution in [0.5, 0.6) is 0 Å². The highest BCUT2D eigenvalue weighted by molar-refractivity contribution is 5.60. The van der Waals surface area contributed by atoms with E-state index in [0.29, 0.717) is 5.65 Å². The Morgan fingerprint density at radius 2 is 1.94 bits per heavy atom. The Morgan fingerprint density at radius 3 is 2.75 bits per heavy atom. The molecule has 0 radical (unpaired) electrons. The van der Waals surface area contributed by atoms with E-state index >= 15 is 0 Å². The van der Waals surface area contributed by atoms with Crippen molar-refractivity contribution in [3.8, 4) is 11.3 Å². The summed E-state index contributed by atoms with van der Waals surface area (Å²) in [6, 6.07) is 13.1. The molecular formula is C12H9N3O. The van der Waals surface area contributed by atoms with Crippen LogP contribution in [0.15, 0.2) is 53.5 Å². The van der Waals surface area contributed by atoms with Crippen LogP contribution in [0.4, 0.5) is 0 Å². The van der Waals surface area contributed by atoms with Crippen LogP contribution in [0.1, 0.15) is 0 Å². The van der Waals surface area contributed by atoms with Gasteiger partial charge < -0.3 is 4.98 Å². The molecule has 0 bridgehead atoms. The lowest BCUT2D eigenvalue weighted by Gasteiger charge is -2.01. The van der Waals surface area contributed by atoms with Crippen molar-refractivity contribution >= 4 is 5.65 Å². The molecule has 1 aromatic carbocycles. The maximum Gasteiger partial charge on any atom is 0.274 e. The van der Waals surface area contributed by atoms with Crippen LogP contribution in [0.2, 0.25) is 0 Å². The van der Waals surface area contributed by atoms with Gasteiger partial charge in [-0.3, -0.25) is 4.79 Å². The van der Waals surface area contributed by atoms with Crippen LogP contribution in [0, 0.1) is 0 Å². The molecule has 0 saturated carbocycles. The maximum atomic E-state index is 11.7. The molecule has 0 amide bonds. The minimum atomic E-state index is -0.127. The zero-order valence-electron chi connectivity index (χ0n) is 8.42. The Labute approximate surface area is 91.2 Å². The Morgan fingerprint density at radius 1 is 1.12 bits per heavy atom. The maximum absolute atomic E-state index is 11.7. The molecule has 0 saturated heterocycles. The van der Waals surface area contributed by atoms with Crippen molar-refractivity contribution in [2.75, 3.05) is 0 Å². The van der Waals surface area contributed by atoms with Gasteiger partial charge in [-0.1, -0.05) is 30.3 Å². The van der Waals surface area contributed by atoms with E-state index in [2.05, 4.69) is 10.1 Å². The Balaban J connectivity index is 2.30. The van der Waals surface area contributed by atoms with Crippen molar-refractivity contribution in [1.82, 2.24) is 14.6 Å². The highest BCUT2D eigenvalue weighted by Crippen LogP contribution is 2.14. The number of hydrogen-bond acceptors (Lipinski definition) is 2. The smallest absolute Gasteiger partial charge is 0.274 e. The number of rotatable bonds is 1. The number of benzene rings is 1. The lowest BCUT2D eigenvalue weighted by Crippen LogP contribution is -2.13. The van der Waals surface area contributed by atoms with Gasteiger partial charge in [0.25, 0.3) is 5.56 Å². The second-order valence-electron chi connectivity index (χ2n) is 3.52. The number of aromatic amines is 1. The Hall–Kier alpha value is -2.36. The fourth-order valence-corrected chi connectivity index (χ4v) is 1.71. The normalized spacial score (nSPS) is 10.8. The molecule has 0 unspecified atom stereocenters. The van der Waals surface area contributed by atoms with Gasteiger partial charge in [0.15, 0.2) is 0 Å². The van der Waals surface area contributed by atoms with E-state index in [9.17, 15) is 4.79 Å². The second kappa shape index (κ2) is 3.34. The van der Waals surface area contributed by atoms with Gasteiger partial charge in [0.1, 0.15) is 5.65 Å². The van der Waals surface area contributed by atoms with Gasteiger partial charge in [-0.15, -0.1) is 0 Å². The zero-order valence-corrected chi connectivity index (χ0v) is 8.42. The van der Waals surface area contributed by atoms with Crippen LogP contribution in [0.3, 0.4) is 0 Å². The molecule has 2 heterocycles. The van der Waals surface area contributed by atoms with E-state index in [1.54, 1.807) is 18.3 Å². The minimum Gasteiger partial charge on any atom is -0.339 e. The highest BCUT2D eigenvalue weighted by atomic mass is 16.1. The summed E-state index contributed by atoms with van der Waals surface area (Å²) >= 11 is 0. The van der Waals surface area contributed by atoms with Crippen molar-refractivity contribution in [2.24, 2.45) is 0 Å². The third-order valence-corrected chi connectivity index (χ3v) is 2.47. The number of nitrogens with zero attached hydrogens (tertiary/aromatic N) is 2. The molecule has 0 aliphatic heterocycles.